The van der Waals surface area contributed by atoms with Crippen LogP contribution in [0.15, 0.2) is 61.2 Å². The fourth-order valence-electron chi connectivity index (χ4n) is 2.68. The average molecular weight is 293 g/mol. The Balaban J connectivity index is 1.95. The maximum atomic E-state index is 9.36. The monoisotopic (exact) mass is 293 g/mol. The third-order valence-corrected chi connectivity index (χ3v) is 3.72. The summed E-state index contributed by atoms with van der Waals surface area (Å²) in [7, 11) is 0. The zero-order valence-electron chi connectivity index (χ0n) is 12.3. The van der Waals surface area contributed by atoms with Crippen molar-refractivity contribution in [2.45, 2.75) is 19.0 Å². The molecule has 4 nitrogen and oxygen atoms in total. The number of benzene rings is 2. The lowest BCUT2D eigenvalue weighted by atomic mass is 10.1. The van der Waals surface area contributed by atoms with Gasteiger partial charge in [0.05, 0.1) is 17.1 Å². The number of imidazole rings is 1. The lowest BCUT2D eigenvalue weighted by Gasteiger charge is -2.14. The van der Waals surface area contributed by atoms with Crippen molar-refractivity contribution >= 4 is 11.0 Å². The zero-order chi connectivity index (χ0) is 15.5. The minimum Gasteiger partial charge on any atom is -0.508 e. The second kappa shape index (κ2) is 6.03. The second-order valence-corrected chi connectivity index (χ2v) is 5.34. The van der Waals surface area contributed by atoms with Gasteiger partial charge in [-0.1, -0.05) is 30.3 Å². The predicted octanol–water partition coefficient (Wildman–Crippen LogP) is 3.17. The van der Waals surface area contributed by atoms with E-state index in [0.29, 0.717) is 13.0 Å². The third kappa shape index (κ3) is 2.73. The molecule has 0 fully saturated rings. The molecule has 3 N–H and O–H groups in total. The largest absolute Gasteiger partial charge is 0.508 e. The second-order valence-electron chi connectivity index (χ2n) is 5.34. The minimum absolute atomic E-state index is 0.211. The highest BCUT2D eigenvalue weighted by molar-refractivity contribution is 5.76. The quantitative estimate of drug-likeness (QED) is 0.710. The van der Waals surface area contributed by atoms with E-state index in [1.807, 2.05) is 42.5 Å². The number of aromatic nitrogens is 2. The first-order valence-corrected chi connectivity index (χ1v) is 7.28. The lowest BCUT2D eigenvalue weighted by Crippen LogP contribution is -2.19. The summed E-state index contributed by atoms with van der Waals surface area (Å²) in [4.78, 5) is 4.69. The molecule has 0 spiro atoms. The number of aromatic hydroxyl groups is 1. The van der Waals surface area contributed by atoms with Gasteiger partial charge in [-0.25, -0.2) is 4.98 Å². The number of phenolic OH excluding ortho intramolecular Hbond substituents is 1. The summed E-state index contributed by atoms with van der Waals surface area (Å²) in [5.41, 5.74) is 9.46. The number of nitrogens with zero attached hydrogens (tertiary/aromatic N) is 2. The van der Waals surface area contributed by atoms with Gasteiger partial charge in [0.1, 0.15) is 11.6 Å². The summed E-state index contributed by atoms with van der Waals surface area (Å²) in [6.45, 7) is 4.50. The number of allylic oxidation sites excluding steroid dienone is 1. The van der Waals surface area contributed by atoms with Crippen molar-refractivity contribution in [3.8, 4) is 5.75 Å². The van der Waals surface area contributed by atoms with Crippen LogP contribution in [0, 0.1) is 0 Å². The Morgan fingerprint density at radius 3 is 2.64 bits per heavy atom. The summed E-state index contributed by atoms with van der Waals surface area (Å²) < 4.78 is 2.10. The molecule has 0 saturated heterocycles. The molecule has 22 heavy (non-hydrogen) atoms. The summed E-state index contributed by atoms with van der Waals surface area (Å²) >= 11 is 0. The Morgan fingerprint density at radius 2 is 1.91 bits per heavy atom. The Bertz CT molecular complexity index is 790. The molecule has 1 heterocycles. The van der Waals surface area contributed by atoms with E-state index < -0.39 is 0 Å². The van der Waals surface area contributed by atoms with E-state index >= 15 is 0 Å². The Labute approximate surface area is 129 Å². The highest BCUT2D eigenvalue weighted by atomic mass is 16.3. The highest BCUT2D eigenvalue weighted by Crippen LogP contribution is 2.23. The molecular weight excluding hydrogens is 274 g/mol. The van der Waals surface area contributed by atoms with Gasteiger partial charge in [-0.05, 0) is 36.2 Å². The van der Waals surface area contributed by atoms with Gasteiger partial charge in [-0.3, -0.25) is 0 Å². The molecule has 0 bridgehead atoms. The molecule has 1 atom stereocenters. The molecular formula is C18H19N3O. The summed E-state index contributed by atoms with van der Waals surface area (Å²) in [6, 6.07) is 14.9. The van der Waals surface area contributed by atoms with Crippen molar-refractivity contribution in [2.75, 3.05) is 0 Å². The average Bonchev–Trinajstić information content (AvgIpc) is 2.89. The van der Waals surface area contributed by atoms with Crippen LogP contribution in [0.5, 0.6) is 5.75 Å². The maximum Gasteiger partial charge on any atom is 0.127 e. The van der Waals surface area contributed by atoms with Gasteiger partial charge in [0.2, 0.25) is 0 Å². The molecule has 0 aliphatic heterocycles. The number of nitrogens with two attached hydrogens (primary N) is 1. The first kappa shape index (κ1) is 14.4. The molecule has 3 rings (SSSR count). The van der Waals surface area contributed by atoms with E-state index in [2.05, 4.69) is 16.1 Å². The normalized spacial score (nSPS) is 12.4. The van der Waals surface area contributed by atoms with Crippen LogP contribution < -0.4 is 5.73 Å². The molecule has 1 aromatic heterocycles. The van der Waals surface area contributed by atoms with Gasteiger partial charge in [0, 0.05) is 6.54 Å². The molecule has 0 saturated carbocycles. The van der Waals surface area contributed by atoms with Crippen molar-refractivity contribution < 1.29 is 5.11 Å². The number of hydrogen-bond acceptors (Lipinski definition) is 3. The molecule has 1 unspecified atom stereocenters. The first-order chi connectivity index (χ1) is 10.7. The Hall–Kier alpha value is -2.59. The van der Waals surface area contributed by atoms with Crippen LogP contribution in [0.1, 0.15) is 17.4 Å². The van der Waals surface area contributed by atoms with Crippen molar-refractivity contribution in [1.82, 2.24) is 9.55 Å². The van der Waals surface area contributed by atoms with E-state index in [0.717, 1.165) is 22.4 Å². The van der Waals surface area contributed by atoms with Crippen LogP contribution in [0.25, 0.3) is 11.0 Å². The maximum absolute atomic E-state index is 9.36. The van der Waals surface area contributed by atoms with Crippen molar-refractivity contribution in [3.05, 3.63) is 72.6 Å². The Morgan fingerprint density at radius 1 is 1.18 bits per heavy atom. The summed E-state index contributed by atoms with van der Waals surface area (Å²) in [6.07, 6.45) is 2.52. The minimum atomic E-state index is -0.211. The molecule has 0 amide bonds. The third-order valence-electron chi connectivity index (χ3n) is 3.72. The van der Waals surface area contributed by atoms with Crippen LogP contribution >= 0.6 is 0 Å². The fourth-order valence-corrected chi connectivity index (χ4v) is 2.68. The number of para-hydroxylation sites is 2. The van der Waals surface area contributed by atoms with E-state index in [-0.39, 0.29) is 11.8 Å². The fraction of sp³-hybridized carbons (Fsp3) is 0.167. The van der Waals surface area contributed by atoms with Gasteiger partial charge in [-0.2, -0.15) is 0 Å². The number of hydrogen-bond donors (Lipinski definition) is 2. The van der Waals surface area contributed by atoms with Gasteiger partial charge in [0.15, 0.2) is 0 Å². The van der Waals surface area contributed by atoms with Gasteiger partial charge < -0.3 is 15.4 Å². The molecule has 0 aliphatic carbocycles. The van der Waals surface area contributed by atoms with E-state index in [4.69, 9.17) is 5.73 Å². The first-order valence-electron chi connectivity index (χ1n) is 7.28. The lowest BCUT2D eigenvalue weighted by molar-refractivity contribution is 0.475. The van der Waals surface area contributed by atoms with Crippen LogP contribution in [0.2, 0.25) is 0 Å². The van der Waals surface area contributed by atoms with E-state index in [1.165, 1.54) is 0 Å². The van der Waals surface area contributed by atoms with Crippen molar-refractivity contribution in [1.29, 1.82) is 0 Å². The SMILES string of the molecule is C=CCn1c(C(N)Cc2ccc(O)cc2)nc2ccccc21. The summed E-state index contributed by atoms with van der Waals surface area (Å²) in [5.74, 6) is 1.12. The standard InChI is InChI=1S/C18H19N3O/c1-2-11-21-17-6-4-3-5-16(17)20-18(21)15(19)12-13-7-9-14(22)10-8-13/h2-10,15,22H,1,11-12,19H2. The van der Waals surface area contributed by atoms with Gasteiger partial charge in [-0.15, -0.1) is 6.58 Å². The highest BCUT2D eigenvalue weighted by Gasteiger charge is 2.16. The molecule has 2 aromatic carbocycles. The van der Waals surface area contributed by atoms with Crippen LogP contribution in [0.4, 0.5) is 0 Å². The molecule has 112 valence electrons. The zero-order valence-corrected chi connectivity index (χ0v) is 12.3. The molecule has 0 radical (unpaired) electrons. The van der Waals surface area contributed by atoms with E-state index in [1.54, 1.807) is 12.1 Å². The predicted molar refractivity (Wildman–Crippen MR) is 88.7 cm³/mol. The molecule has 4 heteroatoms. The smallest absolute Gasteiger partial charge is 0.127 e. The summed E-state index contributed by atoms with van der Waals surface area (Å²) in [5, 5.41) is 9.36. The van der Waals surface area contributed by atoms with Crippen molar-refractivity contribution in [3.63, 3.8) is 0 Å². The van der Waals surface area contributed by atoms with Crippen molar-refractivity contribution in [2.24, 2.45) is 5.73 Å². The van der Waals surface area contributed by atoms with Gasteiger partial charge in [0.25, 0.3) is 0 Å². The van der Waals surface area contributed by atoms with Crippen LogP contribution in [-0.2, 0) is 13.0 Å². The Kier molecular flexibility index (Phi) is 3.94. The van der Waals surface area contributed by atoms with E-state index in [9.17, 15) is 5.11 Å². The topological polar surface area (TPSA) is 64.1 Å². The van der Waals surface area contributed by atoms with Gasteiger partial charge >= 0.3 is 0 Å². The van der Waals surface area contributed by atoms with Crippen LogP contribution in [0.3, 0.4) is 0 Å². The number of phenols is 1. The number of rotatable bonds is 5. The number of fused-ring (bicyclic) bond motifs is 1. The molecule has 0 aliphatic rings. The molecule has 3 aromatic rings. The van der Waals surface area contributed by atoms with Crippen LogP contribution in [-0.4, -0.2) is 14.7 Å².